The maximum Gasteiger partial charge on any atom is 0.0798 e. The number of aromatic nitrogens is 1. The lowest BCUT2D eigenvalue weighted by Crippen LogP contribution is -2.29. The molecule has 0 bridgehead atoms. The number of halogens is 1. The standard InChI is InChI=1S/C10H12BrN3S2/c1-6-10(16-5-13-6)9(14-12)3-8-2-7(11)4-15-8/h2,4-5,9,14H,3,12H2,1H3. The molecule has 3 N–H and O–H groups in total. The van der Waals surface area contributed by atoms with Gasteiger partial charge in [-0.3, -0.25) is 11.3 Å². The van der Waals surface area contributed by atoms with Crippen LogP contribution in [-0.4, -0.2) is 4.98 Å². The Labute approximate surface area is 111 Å². The number of rotatable bonds is 4. The van der Waals surface area contributed by atoms with Crippen LogP contribution in [0.25, 0.3) is 0 Å². The summed E-state index contributed by atoms with van der Waals surface area (Å²) < 4.78 is 1.13. The van der Waals surface area contributed by atoms with Crippen LogP contribution < -0.4 is 11.3 Å². The first-order valence-corrected chi connectivity index (χ1v) is 7.35. The zero-order valence-electron chi connectivity index (χ0n) is 8.74. The molecule has 1 unspecified atom stereocenters. The van der Waals surface area contributed by atoms with E-state index in [0.29, 0.717) is 0 Å². The van der Waals surface area contributed by atoms with Gasteiger partial charge in [-0.25, -0.2) is 4.98 Å². The number of thiazole rings is 1. The number of nitrogens with two attached hydrogens (primary N) is 1. The van der Waals surface area contributed by atoms with E-state index in [1.54, 1.807) is 22.7 Å². The van der Waals surface area contributed by atoms with Crippen LogP contribution in [-0.2, 0) is 6.42 Å². The van der Waals surface area contributed by atoms with Crippen LogP contribution in [0, 0.1) is 6.92 Å². The van der Waals surface area contributed by atoms with Gasteiger partial charge in [-0.2, -0.15) is 0 Å². The lowest BCUT2D eigenvalue weighted by atomic mass is 10.1. The van der Waals surface area contributed by atoms with Crippen molar-refractivity contribution in [2.75, 3.05) is 0 Å². The summed E-state index contributed by atoms with van der Waals surface area (Å²) >= 11 is 6.84. The highest BCUT2D eigenvalue weighted by Crippen LogP contribution is 2.28. The molecule has 0 aliphatic heterocycles. The maximum absolute atomic E-state index is 5.61. The average molecular weight is 318 g/mol. The van der Waals surface area contributed by atoms with Gasteiger partial charge in [0.2, 0.25) is 0 Å². The Bertz CT molecular complexity index is 466. The summed E-state index contributed by atoms with van der Waals surface area (Å²) in [5, 5.41) is 2.09. The van der Waals surface area contributed by atoms with Gasteiger partial charge in [-0.1, -0.05) is 0 Å². The van der Waals surface area contributed by atoms with Crippen LogP contribution in [0.2, 0.25) is 0 Å². The number of aryl methyl sites for hydroxylation is 1. The number of nitrogens with one attached hydrogen (secondary N) is 1. The Morgan fingerprint density at radius 1 is 1.56 bits per heavy atom. The third-order valence-electron chi connectivity index (χ3n) is 2.33. The fraction of sp³-hybridized carbons (Fsp3) is 0.300. The van der Waals surface area contributed by atoms with Gasteiger partial charge in [0, 0.05) is 26.0 Å². The summed E-state index contributed by atoms with van der Waals surface area (Å²) in [6.45, 7) is 2.01. The Hall–Kier alpha value is -0.270. The number of hydrazine groups is 1. The molecule has 1 atom stereocenters. The number of hydrogen-bond donors (Lipinski definition) is 2. The van der Waals surface area contributed by atoms with Crippen molar-refractivity contribution in [3.05, 3.63) is 36.9 Å². The molecule has 2 aromatic rings. The molecule has 0 spiro atoms. The molecule has 0 aliphatic carbocycles. The fourth-order valence-electron chi connectivity index (χ4n) is 1.53. The first-order valence-electron chi connectivity index (χ1n) is 4.79. The van der Waals surface area contributed by atoms with Crippen LogP contribution in [0.1, 0.15) is 21.5 Å². The molecule has 0 aliphatic rings. The third-order valence-corrected chi connectivity index (χ3v) is 5.09. The van der Waals surface area contributed by atoms with Gasteiger partial charge in [0.25, 0.3) is 0 Å². The van der Waals surface area contributed by atoms with Crippen molar-refractivity contribution in [1.82, 2.24) is 10.4 Å². The highest BCUT2D eigenvalue weighted by atomic mass is 79.9. The molecule has 0 amide bonds. The molecule has 3 nitrogen and oxygen atoms in total. The molecule has 16 heavy (non-hydrogen) atoms. The quantitative estimate of drug-likeness (QED) is 0.673. The van der Waals surface area contributed by atoms with Crippen molar-refractivity contribution >= 4 is 38.6 Å². The van der Waals surface area contributed by atoms with Gasteiger partial charge in [-0.05, 0) is 28.9 Å². The monoisotopic (exact) mass is 317 g/mol. The van der Waals surface area contributed by atoms with E-state index >= 15 is 0 Å². The topological polar surface area (TPSA) is 50.9 Å². The fourth-order valence-corrected chi connectivity index (χ4v) is 3.90. The smallest absolute Gasteiger partial charge is 0.0798 e. The maximum atomic E-state index is 5.61. The summed E-state index contributed by atoms with van der Waals surface area (Å²) in [7, 11) is 0. The van der Waals surface area contributed by atoms with Crippen LogP contribution in [0.4, 0.5) is 0 Å². The molecule has 6 heteroatoms. The zero-order valence-corrected chi connectivity index (χ0v) is 12.0. The lowest BCUT2D eigenvalue weighted by molar-refractivity contribution is 0.561. The van der Waals surface area contributed by atoms with E-state index in [4.69, 9.17) is 5.84 Å². The molecule has 0 radical (unpaired) electrons. The molecule has 0 saturated carbocycles. The molecule has 2 aromatic heterocycles. The molecular weight excluding hydrogens is 306 g/mol. The zero-order chi connectivity index (χ0) is 11.5. The van der Waals surface area contributed by atoms with E-state index in [0.717, 1.165) is 16.6 Å². The van der Waals surface area contributed by atoms with Crippen molar-refractivity contribution in [2.24, 2.45) is 5.84 Å². The molecule has 0 fully saturated rings. The Morgan fingerprint density at radius 2 is 2.38 bits per heavy atom. The van der Waals surface area contributed by atoms with E-state index < -0.39 is 0 Å². The van der Waals surface area contributed by atoms with Crippen molar-refractivity contribution in [2.45, 2.75) is 19.4 Å². The van der Waals surface area contributed by atoms with Crippen LogP contribution in [0.15, 0.2) is 21.4 Å². The second-order valence-corrected chi connectivity index (χ2v) is 6.25. The summed E-state index contributed by atoms with van der Waals surface area (Å²) in [4.78, 5) is 6.77. The number of hydrogen-bond acceptors (Lipinski definition) is 5. The van der Waals surface area contributed by atoms with E-state index in [1.165, 1.54) is 9.75 Å². The molecular formula is C10H12BrN3S2. The van der Waals surface area contributed by atoms with Crippen LogP contribution in [0.3, 0.4) is 0 Å². The molecule has 2 rings (SSSR count). The van der Waals surface area contributed by atoms with Gasteiger partial charge >= 0.3 is 0 Å². The van der Waals surface area contributed by atoms with Gasteiger partial charge < -0.3 is 0 Å². The molecule has 0 aromatic carbocycles. The minimum Gasteiger partial charge on any atom is -0.271 e. The average Bonchev–Trinajstić information content (AvgIpc) is 2.84. The van der Waals surface area contributed by atoms with Gasteiger partial charge in [0.15, 0.2) is 0 Å². The SMILES string of the molecule is Cc1ncsc1C(Cc1cc(Br)cs1)NN. The first-order chi connectivity index (χ1) is 7.70. The predicted octanol–water partition coefficient (Wildman–Crippen LogP) is 3.02. The second kappa shape index (κ2) is 5.37. The van der Waals surface area contributed by atoms with Gasteiger partial charge in [0.1, 0.15) is 0 Å². The number of nitrogens with zero attached hydrogens (tertiary/aromatic N) is 1. The van der Waals surface area contributed by atoms with E-state index in [9.17, 15) is 0 Å². The van der Waals surface area contributed by atoms with Crippen molar-refractivity contribution in [3.8, 4) is 0 Å². The minimum atomic E-state index is 0.151. The minimum absolute atomic E-state index is 0.151. The van der Waals surface area contributed by atoms with Gasteiger partial charge in [0.05, 0.1) is 17.2 Å². The Kier molecular flexibility index (Phi) is 4.10. The summed E-state index contributed by atoms with van der Waals surface area (Å²) in [5.74, 6) is 5.61. The van der Waals surface area contributed by atoms with Crippen LogP contribution in [0.5, 0.6) is 0 Å². The number of thiophene rings is 1. The second-order valence-electron chi connectivity index (χ2n) is 3.46. The lowest BCUT2D eigenvalue weighted by Gasteiger charge is -2.13. The Morgan fingerprint density at radius 3 is 2.88 bits per heavy atom. The first kappa shape index (κ1) is 12.2. The molecule has 2 heterocycles. The predicted molar refractivity (Wildman–Crippen MR) is 72.6 cm³/mol. The normalized spacial score (nSPS) is 12.9. The largest absolute Gasteiger partial charge is 0.271 e. The van der Waals surface area contributed by atoms with Gasteiger partial charge in [-0.15, -0.1) is 22.7 Å². The highest BCUT2D eigenvalue weighted by Gasteiger charge is 2.16. The van der Waals surface area contributed by atoms with E-state index in [-0.39, 0.29) is 6.04 Å². The molecule has 86 valence electrons. The van der Waals surface area contributed by atoms with E-state index in [1.807, 2.05) is 12.4 Å². The summed E-state index contributed by atoms with van der Waals surface area (Å²) in [5.41, 5.74) is 5.78. The van der Waals surface area contributed by atoms with Crippen molar-refractivity contribution < 1.29 is 0 Å². The summed E-state index contributed by atoms with van der Waals surface area (Å²) in [6.07, 6.45) is 0.899. The molecule has 0 saturated heterocycles. The Balaban J connectivity index is 2.15. The highest BCUT2D eigenvalue weighted by molar-refractivity contribution is 9.10. The van der Waals surface area contributed by atoms with E-state index in [2.05, 4.69) is 37.8 Å². The summed E-state index contributed by atoms with van der Waals surface area (Å²) in [6, 6.07) is 2.28. The van der Waals surface area contributed by atoms with Crippen LogP contribution >= 0.6 is 38.6 Å². The van der Waals surface area contributed by atoms with Crippen molar-refractivity contribution in [3.63, 3.8) is 0 Å². The third kappa shape index (κ3) is 2.70. The van der Waals surface area contributed by atoms with Crippen molar-refractivity contribution in [1.29, 1.82) is 0 Å².